The number of ketones is 1. The van der Waals surface area contributed by atoms with Gasteiger partial charge in [-0.05, 0) is 57.8 Å². The summed E-state index contributed by atoms with van der Waals surface area (Å²) < 4.78 is 0. The second-order valence-electron chi connectivity index (χ2n) is 6.91. The average molecular weight is 325 g/mol. The number of hydrogen-bond donors (Lipinski definition) is 2. The Kier molecular flexibility index (Phi) is 11.7. The maximum atomic E-state index is 10.5. The van der Waals surface area contributed by atoms with Gasteiger partial charge in [-0.1, -0.05) is 32.4 Å². The topological polar surface area (TPSA) is 72.2 Å². The molecule has 0 aromatic rings. The molecule has 4 heteroatoms. The average Bonchev–Trinajstić information content (AvgIpc) is 2.82. The van der Waals surface area contributed by atoms with Crippen molar-refractivity contribution >= 4 is 12.2 Å². The van der Waals surface area contributed by atoms with E-state index in [-0.39, 0.29) is 12.3 Å². The fourth-order valence-corrected chi connectivity index (χ4v) is 3.40. The van der Waals surface area contributed by atoms with Gasteiger partial charge in [0.15, 0.2) is 0 Å². The SMILES string of the molecule is C=C(C)C1CNC2CCC1CC2.CCCC(C)C(C)=O.NC=O. The van der Waals surface area contributed by atoms with Crippen LogP contribution >= 0.6 is 0 Å². The van der Waals surface area contributed by atoms with Crippen LogP contribution in [0.5, 0.6) is 0 Å². The summed E-state index contributed by atoms with van der Waals surface area (Å²) >= 11 is 0. The van der Waals surface area contributed by atoms with Crippen LogP contribution < -0.4 is 11.1 Å². The van der Waals surface area contributed by atoms with Gasteiger partial charge in [-0.15, -0.1) is 0 Å². The van der Waals surface area contributed by atoms with E-state index in [0.717, 1.165) is 30.7 Å². The summed E-state index contributed by atoms with van der Waals surface area (Å²) in [6.45, 7) is 13.2. The van der Waals surface area contributed by atoms with Crippen LogP contribution in [0, 0.1) is 17.8 Å². The molecule has 3 aliphatic rings. The van der Waals surface area contributed by atoms with Crippen molar-refractivity contribution in [1.82, 2.24) is 5.32 Å². The van der Waals surface area contributed by atoms with E-state index in [1.807, 2.05) is 6.92 Å². The van der Waals surface area contributed by atoms with Crippen LogP contribution in [-0.4, -0.2) is 24.8 Å². The largest absolute Gasteiger partial charge is 0.372 e. The second kappa shape index (κ2) is 12.3. The number of fused-ring (bicyclic) bond motifs is 4. The number of nitrogens with one attached hydrogen (secondary N) is 1. The Morgan fingerprint density at radius 2 is 1.83 bits per heavy atom. The number of rotatable bonds is 4. The molecule has 0 spiro atoms. The van der Waals surface area contributed by atoms with E-state index in [1.54, 1.807) is 6.92 Å². The Morgan fingerprint density at radius 3 is 2.17 bits per heavy atom. The number of amides is 1. The molecule has 3 rings (SSSR count). The number of carbonyl (C=O) groups is 2. The van der Waals surface area contributed by atoms with Gasteiger partial charge in [-0.25, -0.2) is 0 Å². The summed E-state index contributed by atoms with van der Waals surface area (Å²) in [5.74, 6) is 2.29. The van der Waals surface area contributed by atoms with E-state index in [0.29, 0.717) is 5.78 Å². The monoisotopic (exact) mass is 324 g/mol. The van der Waals surface area contributed by atoms with Crippen molar-refractivity contribution in [3.05, 3.63) is 12.2 Å². The van der Waals surface area contributed by atoms with Crippen LogP contribution in [0.4, 0.5) is 0 Å². The Labute approximate surface area is 142 Å². The lowest BCUT2D eigenvalue weighted by atomic mass is 9.78. The highest BCUT2D eigenvalue weighted by molar-refractivity contribution is 5.77. The van der Waals surface area contributed by atoms with Crippen LogP contribution in [0.25, 0.3) is 0 Å². The van der Waals surface area contributed by atoms with Crippen LogP contribution in [0.2, 0.25) is 0 Å². The molecule has 2 saturated heterocycles. The third-order valence-electron chi connectivity index (χ3n) is 5.02. The zero-order chi connectivity index (χ0) is 17.8. The molecule has 23 heavy (non-hydrogen) atoms. The second-order valence-corrected chi connectivity index (χ2v) is 6.91. The predicted octanol–water partition coefficient (Wildman–Crippen LogP) is 3.45. The lowest BCUT2D eigenvalue weighted by molar-refractivity contribution is -0.120. The van der Waals surface area contributed by atoms with Crippen molar-refractivity contribution in [1.29, 1.82) is 0 Å². The third-order valence-corrected chi connectivity index (χ3v) is 5.02. The highest BCUT2D eigenvalue weighted by Gasteiger charge is 2.31. The van der Waals surface area contributed by atoms with Crippen molar-refractivity contribution in [3.8, 4) is 0 Å². The number of primary amides is 1. The maximum absolute atomic E-state index is 10.5. The molecule has 1 saturated carbocycles. The Bertz CT molecular complexity index is 360. The lowest BCUT2D eigenvalue weighted by Gasteiger charge is -2.26. The van der Waals surface area contributed by atoms with Crippen molar-refractivity contribution in [3.63, 3.8) is 0 Å². The van der Waals surface area contributed by atoms with Gasteiger partial charge in [0.05, 0.1) is 0 Å². The van der Waals surface area contributed by atoms with Gasteiger partial charge < -0.3 is 11.1 Å². The summed E-state index contributed by atoms with van der Waals surface area (Å²) in [4.78, 5) is 19.1. The van der Waals surface area contributed by atoms with Gasteiger partial charge in [0, 0.05) is 18.5 Å². The molecule has 0 aromatic heterocycles. The molecule has 3 N–H and O–H groups in total. The Balaban J connectivity index is 0.000000385. The van der Waals surface area contributed by atoms with Gasteiger partial charge in [-0.2, -0.15) is 0 Å². The molecule has 1 aliphatic carbocycles. The molecule has 3 fully saturated rings. The van der Waals surface area contributed by atoms with Crippen molar-refractivity contribution in [2.75, 3.05) is 6.54 Å². The van der Waals surface area contributed by atoms with Crippen molar-refractivity contribution < 1.29 is 9.59 Å². The van der Waals surface area contributed by atoms with E-state index in [1.165, 1.54) is 37.8 Å². The molecule has 2 unspecified atom stereocenters. The zero-order valence-corrected chi connectivity index (χ0v) is 15.4. The van der Waals surface area contributed by atoms with E-state index >= 15 is 0 Å². The first-order chi connectivity index (χ1) is 10.9. The number of Topliss-reactive ketones (excluding diaryl/α,β-unsaturated/α-hetero) is 1. The van der Waals surface area contributed by atoms with Crippen LogP contribution in [0.1, 0.15) is 66.2 Å². The van der Waals surface area contributed by atoms with Gasteiger partial charge >= 0.3 is 0 Å². The quantitative estimate of drug-likeness (QED) is 0.614. The maximum Gasteiger partial charge on any atom is 0.204 e. The molecule has 1 amide bonds. The van der Waals surface area contributed by atoms with Gasteiger partial charge in [0.1, 0.15) is 5.78 Å². The highest BCUT2D eigenvalue weighted by Crippen LogP contribution is 2.36. The molecule has 2 heterocycles. The molecule has 4 nitrogen and oxygen atoms in total. The van der Waals surface area contributed by atoms with Gasteiger partial charge in [0.2, 0.25) is 6.41 Å². The van der Waals surface area contributed by atoms with E-state index < -0.39 is 0 Å². The van der Waals surface area contributed by atoms with Crippen molar-refractivity contribution in [2.45, 2.75) is 72.3 Å². The Hall–Kier alpha value is -1.16. The van der Waals surface area contributed by atoms with Gasteiger partial charge in [-0.3, -0.25) is 9.59 Å². The lowest BCUT2D eigenvalue weighted by Crippen LogP contribution is -2.29. The molecule has 2 atom stereocenters. The highest BCUT2D eigenvalue weighted by atomic mass is 16.1. The minimum atomic E-state index is 0.250. The first kappa shape index (κ1) is 21.8. The summed E-state index contributed by atoms with van der Waals surface area (Å²) in [6.07, 6.45) is 8.04. The molecule has 0 radical (unpaired) electrons. The van der Waals surface area contributed by atoms with Crippen LogP contribution in [0.15, 0.2) is 12.2 Å². The molecular weight excluding hydrogens is 288 g/mol. The fraction of sp³-hybridized carbons (Fsp3) is 0.789. The minimum Gasteiger partial charge on any atom is -0.372 e. The number of hydrogen-bond acceptors (Lipinski definition) is 3. The Morgan fingerprint density at radius 1 is 1.30 bits per heavy atom. The van der Waals surface area contributed by atoms with Crippen molar-refractivity contribution in [2.24, 2.45) is 23.5 Å². The summed E-state index contributed by atoms with van der Waals surface area (Å²) in [5, 5.41) is 3.64. The summed E-state index contributed by atoms with van der Waals surface area (Å²) in [7, 11) is 0. The summed E-state index contributed by atoms with van der Waals surface area (Å²) in [5.41, 5.74) is 5.55. The molecular formula is C19H36N2O2. The molecule has 2 bridgehead atoms. The minimum absolute atomic E-state index is 0.250. The van der Waals surface area contributed by atoms with Gasteiger partial charge in [0.25, 0.3) is 0 Å². The fourth-order valence-electron chi connectivity index (χ4n) is 3.40. The summed E-state index contributed by atoms with van der Waals surface area (Å²) in [6, 6.07) is 0.825. The normalized spacial score (nSPS) is 26.5. The molecule has 2 aliphatic heterocycles. The van der Waals surface area contributed by atoms with Crippen LogP contribution in [-0.2, 0) is 9.59 Å². The molecule has 134 valence electrons. The first-order valence-corrected chi connectivity index (χ1v) is 8.91. The molecule has 0 aromatic carbocycles. The third kappa shape index (κ3) is 8.89. The number of nitrogens with two attached hydrogens (primary N) is 1. The number of carbonyl (C=O) groups excluding carboxylic acids is 2. The van der Waals surface area contributed by atoms with E-state index in [9.17, 15) is 4.79 Å². The van der Waals surface area contributed by atoms with Crippen LogP contribution in [0.3, 0.4) is 0 Å². The standard InChI is InChI=1S/C11H19N.C7H14O.CH3NO/c1-8(2)11-7-12-10-5-3-9(11)4-6-10;1-4-5-6(2)7(3)8;2-1-3/h9-12H,1,3-7H2,2H3;6H,4-5H2,1-3H3;1H,(H2,2,3). The predicted molar refractivity (Wildman–Crippen MR) is 97.1 cm³/mol. The van der Waals surface area contributed by atoms with E-state index in [2.05, 4.69) is 31.5 Å². The first-order valence-electron chi connectivity index (χ1n) is 8.91. The van der Waals surface area contributed by atoms with E-state index in [4.69, 9.17) is 4.79 Å². The smallest absolute Gasteiger partial charge is 0.204 e. The zero-order valence-electron chi connectivity index (χ0n) is 15.4.